The zero-order chi connectivity index (χ0) is 26.6. The number of furan rings is 1. The predicted molar refractivity (Wildman–Crippen MR) is 134 cm³/mol. The number of ether oxygens (including phenoxy) is 2. The van der Waals surface area contributed by atoms with Crippen molar-refractivity contribution in [1.29, 1.82) is 0 Å². The second-order valence-electron chi connectivity index (χ2n) is 11.8. The quantitative estimate of drug-likeness (QED) is 0.436. The molecule has 0 aliphatic heterocycles. The van der Waals surface area contributed by atoms with Crippen molar-refractivity contribution in [2.45, 2.75) is 84.5 Å². The van der Waals surface area contributed by atoms with Crippen LogP contribution in [0.5, 0.6) is 0 Å². The van der Waals surface area contributed by atoms with Crippen molar-refractivity contribution in [3.8, 4) is 0 Å². The number of aliphatic hydroxyl groups is 2. The van der Waals surface area contributed by atoms with Gasteiger partial charge >= 0.3 is 11.9 Å². The number of rotatable bonds is 6. The van der Waals surface area contributed by atoms with Crippen LogP contribution in [0.25, 0.3) is 0 Å². The van der Waals surface area contributed by atoms with Gasteiger partial charge in [0.15, 0.2) is 0 Å². The topological polar surface area (TPSA) is 106 Å². The monoisotopic (exact) mass is 500 g/mol. The van der Waals surface area contributed by atoms with Crippen LogP contribution in [0.2, 0.25) is 0 Å². The molecule has 0 saturated heterocycles. The summed E-state index contributed by atoms with van der Waals surface area (Å²) in [5, 5.41) is 23.3. The standard InChI is InChI=1S/C29H40O7/c1-16(2)19-12-23(31)29(6)21(28(19,5)24(32)14-25(33)34-7)8-10-27(4)22(29)13-20(36-17(3)30)26(27)18-9-11-35-15-18/h9,11,13,15,19-21,23-24,26,31-32H,1,8,10,12,14H2,2-7H3/t19-,20-,21+,23+,24-,26+,27+,28-,29+/m0/s1. The molecule has 36 heavy (non-hydrogen) atoms. The van der Waals surface area contributed by atoms with Gasteiger partial charge in [0.1, 0.15) is 6.10 Å². The molecule has 0 bridgehead atoms. The van der Waals surface area contributed by atoms with E-state index in [-0.39, 0.29) is 35.6 Å². The van der Waals surface area contributed by atoms with Gasteiger partial charge in [-0.25, -0.2) is 0 Å². The van der Waals surface area contributed by atoms with E-state index in [0.29, 0.717) is 6.42 Å². The lowest BCUT2D eigenvalue weighted by molar-refractivity contribution is -0.182. The van der Waals surface area contributed by atoms with Crippen LogP contribution in [-0.2, 0) is 19.1 Å². The lowest BCUT2D eigenvalue weighted by Crippen LogP contribution is -2.63. The van der Waals surface area contributed by atoms with E-state index < -0.39 is 35.1 Å². The number of allylic oxidation sites excluding steroid dienone is 1. The molecule has 3 aliphatic rings. The third-order valence-corrected chi connectivity index (χ3v) is 9.98. The van der Waals surface area contributed by atoms with Crippen LogP contribution in [0.4, 0.5) is 0 Å². The Morgan fingerprint density at radius 1 is 1.28 bits per heavy atom. The molecule has 1 heterocycles. The van der Waals surface area contributed by atoms with Gasteiger partial charge in [0.25, 0.3) is 0 Å². The zero-order valence-corrected chi connectivity index (χ0v) is 22.2. The molecule has 9 atom stereocenters. The number of hydrogen-bond acceptors (Lipinski definition) is 7. The molecule has 1 aromatic heterocycles. The highest BCUT2D eigenvalue weighted by Gasteiger charge is 2.68. The molecule has 0 aromatic carbocycles. The zero-order valence-electron chi connectivity index (χ0n) is 22.2. The highest BCUT2D eigenvalue weighted by molar-refractivity contribution is 5.70. The van der Waals surface area contributed by atoms with Crippen molar-refractivity contribution in [3.63, 3.8) is 0 Å². The van der Waals surface area contributed by atoms with Crippen molar-refractivity contribution in [2.24, 2.45) is 28.1 Å². The van der Waals surface area contributed by atoms with E-state index >= 15 is 0 Å². The summed E-state index contributed by atoms with van der Waals surface area (Å²) in [6.07, 6.45) is 4.99. The average molecular weight is 501 g/mol. The van der Waals surface area contributed by atoms with E-state index in [1.807, 2.05) is 26.0 Å². The summed E-state index contributed by atoms with van der Waals surface area (Å²) >= 11 is 0. The third-order valence-electron chi connectivity index (χ3n) is 9.98. The van der Waals surface area contributed by atoms with Gasteiger partial charge in [0.2, 0.25) is 0 Å². The number of carbonyl (C=O) groups is 2. The second-order valence-corrected chi connectivity index (χ2v) is 11.8. The fourth-order valence-corrected chi connectivity index (χ4v) is 8.29. The minimum absolute atomic E-state index is 0.122. The first-order chi connectivity index (χ1) is 16.8. The van der Waals surface area contributed by atoms with E-state index in [4.69, 9.17) is 13.9 Å². The number of hydrogen-bond donors (Lipinski definition) is 2. The SMILES string of the molecule is C=C(C)[C@@H]1C[C@@H](O)[C@@]2(C)C3=C[C@H](OC(C)=O)[C@@H](c4ccoc4)[C@]3(C)CC[C@@H]2[C@@]1(C)[C@@H](O)CC(=O)OC. The van der Waals surface area contributed by atoms with Gasteiger partial charge in [0.05, 0.1) is 38.3 Å². The van der Waals surface area contributed by atoms with Crippen molar-refractivity contribution < 1.29 is 33.7 Å². The van der Waals surface area contributed by atoms with Crippen LogP contribution in [0.3, 0.4) is 0 Å². The molecule has 4 rings (SSSR count). The molecule has 2 saturated carbocycles. The van der Waals surface area contributed by atoms with Gasteiger partial charge in [-0.05, 0) is 55.7 Å². The number of methoxy groups -OCH3 is 1. The van der Waals surface area contributed by atoms with Crippen molar-refractivity contribution in [3.05, 3.63) is 48.0 Å². The first-order valence-electron chi connectivity index (χ1n) is 12.8. The molecule has 1 aromatic rings. The smallest absolute Gasteiger partial charge is 0.308 e. The van der Waals surface area contributed by atoms with Crippen LogP contribution < -0.4 is 0 Å². The molecule has 7 heteroatoms. The Labute approximate surface area is 213 Å². The molecule has 198 valence electrons. The maximum atomic E-state index is 12.2. The fourth-order valence-electron chi connectivity index (χ4n) is 8.29. The second kappa shape index (κ2) is 9.18. The highest BCUT2D eigenvalue weighted by atomic mass is 16.5. The average Bonchev–Trinajstić information content (AvgIpc) is 3.41. The van der Waals surface area contributed by atoms with Crippen LogP contribution in [0.1, 0.15) is 71.8 Å². The van der Waals surface area contributed by atoms with Gasteiger partial charge in [-0.3, -0.25) is 9.59 Å². The van der Waals surface area contributed by atoms with Gasteiger partial charge in [-0.1, -0.05) is 38.5 Å². The highest BCUT2D eigenvalue weighted by Crippen LogP contribution is 2.71. The van der Waals surface area contributed by atoms with Crippen LogP contribution in [0, 0.1) is 28.1 Å². The normalized spacial score (nSPS) is 40.4. The van der Waals surface area contributed by atoms with Crippen LogP contribution >= 0.6 is 0 Å². The molecule has 7 nitrogen and oxygen atoms in total. The number of carbonyl (C=O) groups excluding carboxylic acids is 2. The number of aliphatic hydroxyl groups excluding tert-OH is 2. The van der Waals surface area contributed by atoms with Crippen LogP contribution in [0.15, 0.2) is 46.8 Å². The van der Waals surface area contributed by atoms with Gasteiger partial charge in [-0.15, -0.1) is 0 Å². The minimum Gasteiger partial charge on any atom is -0.472 e. The van der Waals surface area contributed by atoms with E-state index in [0.717, 1.165) is 29.6 Å². The first-order valence-corrected chi connectivity index (χ1v) is 12.8. The molecule has 3 aliphatic carbocycles. The molecule has 0 unspecified atom stereocenters. The summed E-state index contributed by atoms with van der Waals surface area (Å²) in [6.45, 7) is 13.8. The molecule has 0 radical (unpaired) electrons. The Morgan fingerprint density at radius 3 is 2.53 bits per heavy atom. The molecule has 2 fully saturated rings. The lowest BCUT2D eigenvalue weighted by atomic mass is 9.40. The van der Waals surface area contributed by atoms with Crippen molar-refractivity contribution >= 4 is 11.9 Å². The van der Waals surface area contributed by atoms with E-state index in [1.165, 1.54) is 14.0 Å². The summed E-state index contributed by atoms with van der Waals surface area (Å²) in [5.74, 6) is -1.29. The van der Waals surface area contributed by atoms with E-state index in [1.54, 1.807) is 12.5 Å². The predicted octanol–water partition coefficient (Wildman–Crippen LogP) is 4.54. The number of esters is 2. The fraction of sp³-hybridized carbons (Fsp3) is 0.655. The molecule has 2 N–H and O–H groups in total. The van der Waals surface area contributed by atoms with Gasteiger partial charge in [0, 0.05) is 29.1 Å². The Morgan fingerprint density at radius 2 is 1.97 bits per heavy atom. The maximum Gasteiger partial charge on any atom is 0.308 e. The summed E-state index contributed by atoms with van der Waals surface area (Å²) in [4.78, 5) is 24.3. The first kappa shape index (κ1) is 26.7. The summed E-state index contributed by atoms with van der Waals surface area (Å²) < 4.78 is 16.1. The van der Waals surface area contributed by atoms with Gasteiger partial charge in [-0.2, -0.15) is 0 Å². The Hall–Kier alpha value is -2.38. The third kappa shape index (κ3) is 3.77. The lowest BCUT2D eigenvalue weighted by Gasteiger charge is -2.65. The summed E-state index contributed by atoms with van der Waals surface area (Å²) in [5.41, 5.74) is 1.07. The molecule has 0 spiro atoms. The van der Waals surface area contributed by atoms with E-state index in [2.05, 4.69) is 20.4 Å². The molecular weight excluding hydrogens is 460 g/mol. The summed E-state index contributed by atoms with van der Waals surface area (Å²) in [7, 11) is 1.32. The molecular formula is C29H40O7. The minimum atomic E-state index is -0.969. The van der Waals surface area contributed by atoms with E-state index in [9.17, 15) is 19.8 Å². The van der Waals surface area contributed by atoms with Crippen LogP contribution in [-0.4, -0.2) is 47.6 Å². The molecule has 0 amide bonds. The van der Waals surface area contributed by atoms with Crippen molar-refractivity contribution in [2.75, 3.05) is 7.11 Å². The Bertz CT molecular complexity index is 1060. The van der Waals surface area contributed by atoms with Crippen molar-refractivity contribution in [1.82, 2.24) is 0 Å². The largest absolute Gasteiger partial charge is 0.472 e. The number of fused-ring (bicyclic) bond motifs is 3. The Balaban J connectivity index is 1.85. The maximum absolute atomic E-state index is 12.2. The van der Waals surface area contributed by atoms with Gasteiger partial charge < -0.3 is 24.1 Å². The Kier molecular flexibility index (Phi) is 6.80. The summed E-state index contributed by atoms with van der Waals surface area (Å²) in [6, 6.07) is 1.91.